The van der Waals surface area contributed by atoms with Gasteiger partial charge < -0.3 is 9.47 Å². The molecule has 0 aromatic heterocycles. The molecular formula is C20H23ClN2O3. The minimum atomic E-state index is -0.161. The van der Waals surface area contributed by atoms with E-state index >= 15 is 0 Å². The summed E-state index contributed by atoms with van der Waals surface area (Å²) in [6.07, 6.45) is 2.51. The van der Waals surface area contributed by atoms with Crippen molar-refractivity contribution in [2.45, 2.75) is 26.7 Å². The molecule has 26 heavy (non-hydrogen) atoms. The van der Waals surface area contributed by atoms with Crippen LogP contribution in [-0.2, 0) is 4.79 Å². The standard InChI is InChI=1S/C20H23ClN2O3/c1-3-25-19-8-5-4-7-16(19)14-22-23-20(24)9-6-12-26-18-11-10-17(21)13-15(18)2/h4-5,7-8,10-11,13-14H,3,6,9,12H2,1-2H3,(H,23,24)/b22-14+. The van der Waals surface area contributed by atoms with Crippen LogP contribution in [0.15, 0.2) is 47.6 Å². The predicted octanol–water partition coefficient (Wildman–Crippen LogP) is 4.36. The predicted molar refractivity (Wildman–Crippen MR) is 104 cm³/mol. The average Bonchev–Trinajstić information content (AvgIpc) is 2.62. The maximum Gasteiger partial charge on any atom is 0.240 e. The molecule has 0 spiro atoms. The molecule has 0 aliphatic rings. The zero-order chi connectivity index (χ0) is 18.8. The normalized spacial score (nSPS) is 10.7. The Hall–Kier alpha value is -2.53. The fraction of sp³-hybridized carbons (Fsp3) is 0.300. The van der Waals surface area contributed by atoms with Gasteiger partial charge in [0, 0.05) is 17.0 Å². The Balaban J connectivity index is 1.72. The molecule has 0 atom stereocenters. The number of ether oxygens (including phenoxy) is 2. The zero-order valence-electron chi connectivity index (χ0n) is 15.0. The lowest BCUT2D eigenvalue weighted by atomic mass is 10.2. The third kappa shape index (κ3) is 6.41. The van der Waals surface area contributed by atoms with Crippen LogP contribution in [0.5, 0.6) is 11.5 Å². The Morgan fingerprint density at radius 3 is 2.77 bits per heavy atom. The van der Waals surface area contributed by atoms with Crippen molar-refractivity contribution >= 4 is 23.7 Å². The molecule has 2 rings (SSSR count). The van der Waals surface area contributed by atoms with E-state index in [0.717, 1.165) is 22.6 Å². The molecule has 2 aromatic carbocycles. The maximum absolute atomic E-state index is 11.8. The van der Waals surface area contributed by atoms with Crippen LogP contribution in [0.4, 0.5) is 0 Å². The number of aryl methyl sites for hydroxylation is 1. The highest BCUT2D eigenvalue weighted by Gasteiger charge is 2.03. The van der Waals surface area contributed by atoms with E-state index < -0.39 is 0 Å². The molecule has 1 N–H and O–H groups in total. The van der Waals surface area contributed by atoms with Crippen molar-refractivity contribution in [3.8, 4) is 11.5 Å². The Labute approximate surface area is 159 Å². The van der Waals surface area contributed by atoms with Crippen LogP contribution in [0.25, 0.3) is 0 Å². The summed E-state index contributed by atoms with van der Waals surface area (Å²) in [5.74, 6) is 1.35. The molecule has 0 heterocycles. The second kappa shape index (κ2) is 10.5. The number of halogens is 1. The smallest absolute Gasteiger partial charge is 0.240 e. The quantitative estimate of drug-likeness (QED) is 0.403. The van der Waals surface area contributed by atoms with Crippen LogP contribution in [0, 0.1) is 6.92 Å². The van der Waals surface area contributed by atoms with Crippen LogP contribution < -0.4 is 14.9 Å². The van der Waals surface area contributed by atoms with Crippen molar-refractivity contribution in [1.29, 1.82) is 0 Å². The Morgan fingerprint density at radius 1 is 1.19 bits per heavy atom. The lowest BCUT2D eigenvalue weighted by molar-refractivity contribution is -0.121. The number of hydrogen-bond donors (Lipinski definition) is 1. The van der Waals surface area contributed by atoms with Crippen LogP contribution >= 0.6 is 11.6 Å². The molecule has 0 bridgehead atoms. The van der Waals surface area contributed by atoms with E-state index in [1.807, 2.05) is 50.2 Å². The van der Waals surface area contributed by atoms with Crippen LogP contribution in [-0.4, -0.2) is 25.3 Å². The van der Waals surface area contributed by atoms with E-state index in [-0.39, 0.29) is 5.91 Å². The minimum Gasteiger partial charge on any atom is -0.493 e. The summed E-state index contributed by atoms with van der Waals surface area (Å²) in [5, 5.41) is 4.66. The minimum absolute atomic E-state index is 0.161. The van der Waals surface area contributed by atoms with Gasteiger partial charge in [0.15, 0.2) is 0 Å². The molecule has 0 fully saturated rings. The topological polar surface area (TPSA) is 59.9 Å². The van der Waals surface area contributed by atoms with Gasteiger partial charge in [-0.1, -0.05) is 23.7 Å². The molecule has 0 aliphatic carbocycles. The number of carbonyl (C=O) groups is 1. The molecule has 0 radical (unpaired) electrons. The first-order valence-corrected chi connectivity index (χ1v) is 8.90. The van der Waals surface area contributed by atoms with Gasteiger partial charge in [0.25, 0.3) is 0 Å². The lowest BCUT2D eigenvalue weighted by Crippen LogP contribution is -2.18. The third-order valence-electron chi connectivity index (χ3n) is 3.55. The van der Waals surface area contributed by atoms with Crippen molar-refractivity contribution < 1.29 is 14.3 Å². The van der Waals surface area contributed by atoms with Crippen molar-refractivity contribution in [2.75, 3.05) is 13.2 Å². The van der Waals surface area contributed by atoms with Crippen molar-refractivity contribution in [2.24, 2.45) is 5.10 Å². The second-order valence-corrected chi connectivity index (χ2v) is 6.06. The summed E-state index contributed by atoms with van der Waals surface area (Å²) < 4.78 is 11.2. The summed E-state index contributed by atoms with van der Waals surface area (Å²) in [4.78, 5) is 11.8. The molecule has 0 saturated heterocycles. The van der Waals surface area contributed by atoms with Gasteiger partial charge in [-0.05, 0) is 56.2 Å². The highest BCUT2D eigenvalue weighted by molar-refractivity contribution is 6.30. The second-order valence-electron chi connectivity index (χ2n) is 5.63. The fourth-order valence-corrected chi connectivity index (χ4v) is 2.52. The van der Waals surface area contributed by atoms with Crippen LogP contribution in [0.2, 0.25) is 5.02 Å². The van der Waals surface area contributed by atoms with Crippen molar-refractivity contribution in [3.05, 3.63) is 58.6 Å². The first-order valence-electron chi connectivity index (χ1n) is 8.53. The van der Waals surface area contributed by atoms with Gasteiger partial charge in [0.05, 0.1) is 19.4 Å². The number of hydrazone groups is 1. The Morgan fingerprint density at radius 2 is 2.00 bits per heavy atom. The highest BCUT2D eigenvalue weighted by atomic mass is 35.5. The summed E-state index contributed by atoms with van der Waals surface area (Å²) in [7, 11) is 0. The summed E-state index contributed by atoms with van der Waals surface area (Å²) in [5.41, 5.74) is 4.31. The van der Waals surface area contributed by atoms with E-state index in [4.69, 9.17) is 21.1 Å². The van der Waals surface area contributed by atoms with E-state index in [9.17, 15) is 4.79 Å². The molecule has 5 nitrogen and oxygen atoms in total. The average molecular weight is 375 g/mol. The number of para-hydroxylation sites is 1. The Kier molecular flexibility index (Phi) is 7.96. The number of nitrogens with one attached hydrogen (secondary N) is 1. The Bertz CT molecular complexity index is 762. The molecule has 6 heteroatoms. The first-order chi connectivity index (χ1) is 12.6. The number of rotatable bonds is 9. The number of carbonyl (C=O) groups excluding carboxylic acids is 1. The SMILES string of the molecule is CCOc1ccccc1/C=N/NC(=O)CCCOc1ccc(Cl)cc1C. The number of benzene rings is 2. The molecule has 0 unspecified atom stereocenters. The molecule has 1 amide bonds. The number of hydrogen-bond acceptors (Lipinski definition) is 4. The molecule has 0 aliphatic heterocycles. The first kappa shape index (κ1) is 19.8. The zero-order valence-corrected chi connectivity index (χ0v) is 15.8. The van der Waals surface area contributed by atoms with E-state index in [1.54, 1.807) is 12.3 Å². The molecular weight excluding hydrogens is 352 g/mol. The maximum atomic E-state index is 11.8. The summed E-state index contributed by atoms with van der Waals surface area (Å²) in [6.45, 7) is 4.88. The van der Waals surface area contributed by atoms with Crippen molar-refractivity contribution in [1.82, 2.24) is 5.43 Å². The third-order valence-corrected chi connectivity index (χ3v) is 3.79. The van der Waals surface area contributed by atoms with Gasteiger partial charge in [-0.15, -0.1) is 0 Å². The largest absolute Gasteiger partial charge is 0.493 e. The highest BCUT2D eigenvalue weighted by Crippen LogP contribution is 2.22. The van der Waals surface area contributed by atoms with Gasteiger partial charge in [-0.2, -0.15) is 5.10 Å². The van der Waals surface area contributed by atoms with Gasteiger partial charge >= 0.3 is 0 Å². The van der Waals surface area contributed by atoms with Crippen molar-refractivity contribution in [3.63, 3.8) is 0 Å². The summed E-state index contributed by atoms with van der Waals surface area (Å²) in [6, 6.07) is 13.0. The summed E-state index contributed by atoms with van der Waals surface area (Å²) >= 11 is 5.91. The van der Waals surface area contributed by atoms with E-state index in [2.05, 4.69) is 10.5 Å². The van der Waals surface area contributed by atoms with Crippen LogP contribution in [0.3, 0.4) is 0 Å². The monoisotopic (exact) mass is 374 g/mol. The number of nitrogens with zero attached hydrogens (tertiary/aromatic N) is 1. The van der Waals surface area contributed by atoms with Gasteiger partial charge in [-0.25, -0.2) is 5.43 Å². The van der Waals surface area contributed by atoms with Gasteiger partial charge in [0.2, 0.25) is 5.91 Å². The van der Waals surface area contributed by atoms with Crippen LogP contribution in [0.1, 0.15) is 30.9 Å². The molecule has 0 saturated carbocycles. The van der Waals surface area contributed by atoms with Gasteiger partial charge in [0.1, 0.15) is 11.5 Å². The van der Waals surface area contributed by atoms with E-state index in [1.165, 1.54) is 0 Å². The lowest BCUT2D eigenvalue weighted by Gasteiger charge is -2.09. The number of amides is 1. The van der Waals surface area contributed by atoms with E-state index in [0.29, 0.717) is 31.1 Å². The molecule has 2 aromatic rings. The van der Waals surface area contributed by atoms with Gasteiger partial charge in [-0.3, -0.25) is 4.79 Å². The fourth-order valence-electron chi connectivity index (χ4n) is 2.29. The molecule has 138 valence electrons.